The molecular formula is C14H11N5O. The first kappa shape index (κ1) is 12.1. The van der Waals surface area contributed by atoms with Gasteiger partial charge in [-0.25, -0.2) is 9.67 Å². The van der Waals surface area contributed by atoms with E-state index in [9.17, 15) is 4.79 Å². The number of rotatable bonds is 2. The highest BCUT2D eigenvalue weighted by atomic mass is 16.1. The van der Waals surface area contributed by atoms with Crippen molar-refractivity contribution in [3.63, 3.8) is 0 Å². The first-order chi connectivity index (χ1) is 9.74. The van der Waals surface area contributed by atoms with Crippen LogP contribution < -0.4 is 5.56 Å². The summed E-state index contributed by atoms with van der Waals surface area (Å²) in [5, 5.41) is 14.2. The van der Waals surface area contributed by atoms with E-state index >= 15 is 0 Å². The summed E-state index contributed by atoms with van der Waals surface area (Å²) in [5.74, 6) is 0. The fourth-order valence-corrected chi connectivity index (χ4v) is 2.17. The van der Waals surface area contributed by atoms with Crippen LogP contribution in [0.5, 0.6) is 0 Å². The molecule has 3 rings (SSSR count). The average molecular weight is 265 g/mol. The molecule has 0 aromatic carbocycles. The van der Waals surface area contributed by atoms with E-state index in [1.54, 1.807) is 18.5 Å². The van der Waals surface area contributed by atoms with E-state index in [1.807, 2.05) is 19.1 Å². The van der Waals surface area contributed by atoms with E-state index in [1.165, 1.54) is 10.7 Å². The van der Waals surface area contributed by atoms with E-state index in [0.29, 0.717) is 23.4 Å². The monoisotopic (exact) mass is 265 g/mol. The standard InChI is InChI=1S/C14H11N5O/c1-2-19-13(20)4-3-11(18-19)10-8-17-14-9(10)5-6-16-12(14)7-15/h3-6,8,17H,2H2,1H3. The molecule has 0 unspecified atom stereocenters. The fourth-order valence-electron chi connectivity index (χ4n) is 2.17. The topological polar surface area (TPSA) is 87.4 Å². The van der Waals surface area contributed by atoms with Crippen LogP contribution >= 0.6 is 0 Å². The number of aromatic amines is 1. The Morgan fingerprint density at radius 1 is 1.40 bits per heavy atom. The third-order valence-electron chi connectivity index (χ3n) is 3.15. The maximum atomic E-state index is 11.6. The number of aromatic nitrogens is 4. The molecule has 0 aliphatic carbocycles. The molecule has 0 saturated heterocycles. The van der Waals surface area contributed by atoms with Gasteiger partial charge in [0.25, 0.3) is 5.56 Å². The Hall–Kier alpha value is -2.94. The maximum absolute atomic E-state index is 11.6. The van der Waals surface area contributed by atoms with Crippen LogP contribution in [-0.2, 0) is 6.54 Å². The molecule has 3 heterocycles. The van der Waals surface area contributed by atoms with Crippen LogP contribution in [0.2, 0.25) is 0 Å². The molecule has 0 amide bonds. The second-order valence-electron chi connectivity index (χ2n) is 4.27. The molecule has 0 aliphatic rings. The molecule has 20 heavy (non-hydrogen) atoms. The number of hydrogen-bond acceptors (Lipinski definition) is 4. The molecule has 98 valence electrons. The quantitative estimate of drug-likeness (QED) is 0.763. The molecule has 1 N–H and O–H groups in total. The Morgan fingerprint density at radius 3 is 3.00 bits per heavy atom. The van der Waals surface area contributed by atoms with E-state index in [0.717, 1.165) is 10.9 Å². The van der Waals surface area contributed by atoms with E-state index in [-0.39, 0.29) is 5.56 Å². The summed E-state index contributed by atoms with van der Waals surface area (Å²) in [4.78, 5) is 18.6. The summed E-state index contributed by atoms with van der Waals surface area (Å²) in [6.45, 7) is 2.38. The summed E-state index contributed by atoms with van der Waals surface area (Å²) in [6.07, 6.45) is 3.37. The number of hydrogen-bond donors (Lipinski definition) is 1. The Labute approximate surface area is 114 Å². The first-order valence-corrected chi connectivity index (χ1v) is 6.19. The number of pyridine rings is 1. The van der Waals surface area contributed by atoms with Gasteiger partial charge in [-0.1, -0.05) is 0 Å². The van der Waals surface area contributed by atoms with Gasteiger partial charge in [0.1, 0.15) is 6.07 Å². The number of fused-ring (bicyclic) bond motifs is 1. The third-order valence-corrected chi connectivity index (χ3v) is 3.15. The predicted octanol–water partition coefficient (Wildman–Crippen LogP) is 1.68. The number of H-pyrrole nitrogens is 1. The molecule has 3 aromatic heterocycles. The average Bonchev–Trinajstić information content (AvgIpc) is 2.91. The van der Waals surface area contributed by atoms with Crippen LogP contribution in [0.1, 0.15) is 12.6 Å². The molecule has 0 saturated carbocycles. The van der Waals surface area contributed by atoms with Crippen molar-refractivity contribution < 1.29 is 0 Å². The molecule has 6 nitrogen and oxygen atoms in total. The Balaban J connectivity index is 2.26. The highest BCUT2D eigenvalue weighted by Crippen LogP contribution is 2.27. The van der Waals surface area contributed by atoms with Crippen molar-refractivity contribution in [3.8, 4) is 17.3 Å². The zero-order valence-corrected chi connectivity index (χ0v) is 10.8. The molecule has 0 fully saturated rings. The number of nitrogens with one attached hydrogen (secondary N) is 1. The summed E-state index contributed by atoms with van der Waals surface area (Å²) in [7, 11) is 0. The van der Waals surface area contributed by atoms with Gasteiger partial charge in [0, 0.05) is 36.0 Å². The van der Waals surface area contributed by atoms with Crippen molar-refractivity contribution in [2.24, 2.45) is 0 Å². The van der Waals surface area contributed by atoms with Crippen LogP contribution in [0.4, 0.5) is 0 Å². The second-order valence-corrected chi connectivity index (χ2v) is 4.27. The van der Waals surface area contributed by atoms with Gasteiger partial charge in [-0.3, -0.25) is 4.79 Å². The van der Waals surface area contributed by atoms with Crippen molar-refractivity contribution in [2.75, 3.05) is 0 Å². The lowest BCUT2D eigenvalue weighted by molar-refractivity contribution is 0.619. The van der Waals surface area contributed by atoms with Crippen LogP contribution in [0, 0.1) is 11.3 Å². The minimum absolute atomic E-state index is 0.129. The lowest BCUT2D eigenvalue weighted by Crippen LogP contribution is -2.20. The van der Waals surface area contributed by atoms with Gasteiger partial charge in [0.05, 0.1) is 11.2 Å². The maximum Gasteiger partial charge on any atom is 0.266 e. The van der Waals surface area contributed by atoms with Crippen molar-refractivity contribution in [2.45, 2.75) is 13.5 Å². The summed E-state index contributed by atoms with van der Waals surface area (Å²) in [6, 6.07) is 7.05. The van der Waals surface area contributed by atoms with Gasteiger partial charge >= 0.3 is 0 Å². The summed E-state index contributed by atoms with van der Waals surface area (Å²) in [5.41, 5.74) is 2.43. The zero-order chi connectivity index (χ0) is 14.1. The predicted molar refractivity (Wildman–Crippen MR) is 74.0 cm³/mol. The van der Waals surface area contributed by atoms with Crippen LogP contribution in [0.3, 0.4) is 0 Å². The Bertz CT molecular complexity index is 884. The van der Waals surface area contributed by atoms with E-state index < -0.39 is 0 Å². The van der Waals surface area contributed by atoms with Crippen LogP contribution in [0.25, 0.3) is 22.2 Å². The second kappa shape index (κ2) is 4.63. The first-order valence-electron chi connectivity index (χ1n) is 6.19. The fraction of sp³-hybridized carbons (Fsp3) is 0.143. The van der Waals surface area contributed by atoms with Gasteiger partial charge in [0.2, 0.25) is 0 Å². The van der Waals surface area contributed by atoms with Gasteiger partial charge in [-0.05, 0) is 19.1 Å². The van der Waals surface area contributed by atoms with Crippen molar-refractivity contribution >= 4 is 10.9 Å². The minimum atomic E-state index is -0.129. The highest BCUT2D eigenvalue weighted by Gasteiger charge is 2.11. The molecule has 0 bridgehead atoms. The van der Waals surface area contributed by atoms with E-state index in [4.69, 9.17) is 5.26 Å². The van der Waals surface area contributed by atoms with Crippen molar-refractivity contribution in [1.29, 1.82) is 5.26 Å². The van der Waals surface area contributed by atoms with Gasteiger partial charge < -0.3 is 4.98 Å². The zero-order valence-electron chi connectivity index (χ0n) is 10.8. The Morgan fingerprint density at radius 2 is 2.25 bits per heavy atom. The number of aryl methyl sites for hydroxylation is 1. The summed E-state index contributed by atoms with van der Waals surface area (Å²) >= 11 is 0. The number of nitrogens with zero attached hydrogens (tertiary/aromatic N) is 4. The molecule has 0 spiro atoms. The van der Waals surface area contributed by atoms with Crippen molar-refractivity contribution in [3.05, 3.63) is 46.6 Å². The minimum Gasteiger partial charge on any atom is -0.358 e. The molecule has 6 heteroatoms. The van der Waals surface area contributed by atoms with Gasteiger partial charge in [-0.15, -0.1) is 0 Å². The van der Waals surface area contributed by atoms with Crippen LogP contribution in [-0.4, -0.2) is 19.7 Å². The molecule has 0 aliphatic heterocycles. The van der Waals surface area contributed by atoms with E-state index in [2.05, 4.69) is 15.1 Å². The molecule has 0 radical (unpaired) electrons. The third kappa shape index (κ3) is 1.77. The largest absolute Gasteiger partial charge is 0.358 e. The van der Waals surface area contributed by atoms with Crippen LogP contribution in [0.15, 0.2) is 35.4 Å². The summed E-state index contributed by atoms with van der Waals surface area (Å²) < 4.78 is 1.40. The lowest BCUT2D eigenvalue weighted by Gasteiger charge is -2.03. The Kier molecular flexibility index (Phi) is 2.80. The van der Waals surface area contributed by atoms with Gasteiger partial charge in [-0.2, -0.15) is 10.4 Å². The molecule has 3 aromatic rings. The van der Waals surface area contributed by atoms with Crippen molar-refractivity contribution in [1.82, 2.24) is 19.7 Å². The normalized spacial score (nSPS) is 10.6. The smallest absolute Gasteiger partial charge is 0.266 e. The lowest BCUT2D eigenvalue weighted by atomic mass is 10.1. The SMILES string of the molecule is CCn1nc(-c2c[nH]c3c(C#N)nccc23)ccc1=O. The van der Waals surface area contributed by atoms with Gasteiger partial charge in [0.15, 0.2) is 5.69 Å². The number of nitriles is 1. The highest BCUT2D eigenvalue weighted by molar-refractivity contribution is 5.96. The molecular weight excluding hydrogens is 254 g/mol. The molecule has 0 atom stereocenters.